The van der Waals surface area contributed by atoms with Crippen LogP contribution in [0.4, 0.5) is 0 Å². The van der Waals surface area contributed by atoms with Crippen LogP contribution in [0.5, 0.6) is 0 Å². The average molecular weight is 398 g/mol. The molecule has 0 aliphatic carbocycles. The SMILES string of the molecule is CCN(C(=O)CC(NC(C)=O)c1ccc(Cl)cc1)C(C)c1ccc(C#N)cc1. The summed E-state index contributed by atoms with van der Waals surface area (Å²) in [5, 5.41) is 12.4. The summed E-state index contributed by atoms with van der Waals surface area (Å²) in [4.78, 5) is 26.5. The number of hydrogen-bond acceptors (Lipinski definition) is 3. The zero-order valence-corrected chi connectivity index (χ0v) is 17.0. The second-order valence-corrected chi connectivity index (χ2v) is 7.03. The molecule has 0 bridgehead atoms. The van der Waals surface area contributed by atoms with E-state index in [0.717, 1.165) is 11.1 Å². The van der Waals surface area contributed by atoms with E-state index in [1.54, 1.807) is 29.2 Å². The Bertz CT molecular complexity index is 857. The molecule has 0 aromatic heterocycles. The lowest BCUT2D eigenvalue weighted by Crippen LogP contribution is -2.37. The van der Waals surface area contributed by atoms with Crippen LogP contribution in [-0.2, 0) is 9.59 Å². The van der Waals surface area contributed by atoms with Crippen LogP contribution in [0.15, 0.2) is 48.5 Å². The predicted octanol–water partition coefficient (Wildman–Crippen LogP) is 4.39. The molecule has 1 N–H and O–H groups in total. The van der Waals surface area contributed by atoms with Crippen LogP contribution in [0.25, 0.3) is 0 Å². The van der Waals surface area contributed by atoms with Gasteiger partial charge in [-0.25, -0.2) is 0 Å². The smallest absolute Gasteiger partial charge is 0.225 e. The second kappa shape index (κ2) is 9.91. The number of nitrogens with one attached hydrogen (secondary N) is 1. The minimum absolute atomic E-state index is 0.0620. The lowest BCUT2D eigenvalue weighted by molar-refractivity contribution is -0.134. The molecule has 2 amide bonds. The normalized spacial score (nSPS) is 12.5. The van der Waals surface area contributed by atoms with Crippen LogP contribution in [-0.4, -0.2) is 23.3 Å². The van der Waals surface area contributed by atoms with Crippen molar-refractivity contribution >= 4 is 23.4 Å². The van der Waals surface area contributed by atoms with Crippen molar-refractivity contribution in [2.45, 2.75) is 39.3 Å². The van der Waals surface area contributed by atoms with Gasteiger partial charge in [-0.05, 0) is 49.2 Å². The highest BCUT2D eigenvalue weighted by molar-refractivity contribution is 6.30. The van der Waals surface area contributed by atoms with E-state index in [2.05, 4.69) is 11.4 Å². The fourth-order valence-electron chi connectivity index (χ4n) is 3.17. The quantitative estimate of drug-likeness (QED) is 0.753. The predicted molar refractivity (Wildman–Crippen MR) is 110 cm³/mol. The summed E-state index contributed by atoms with van der Waals surface area (Å²) < 4.78 is 0. The number of halogens is 1. The summed E-state index contributed by atoms with van der Waals surface area (Å²) in [6.07, 6.45) is 0.148. The van der Waals surface area contributed by atoms with E-state index in [1.807, 2.05) is 38.1 Å². The van der Waals surface area contributed by atoms with Gasteiger partial charge in [0.1, 0.15) is 0 Å². The Morgan fingerprint density at radius 1 is 1.11 bits per heavy atom. The minimum Gasteiger partial charge on any atom is -0.349 e. The van der Waals surface area contributed by atoms with E-state index in [4.69, 9.17) is 16.9 Å². The van der Waals surface area contributed by atoms with E-state index >= 15 is 0 Å². The maximum atomic E-state index is 13.0. The van der Waals surface area contributed by atoms with Crippen molar-refractivity contribution in [1.29, 1.82) is 5.26 Å². The highest BCUT2D eigenvalue weighted by Crippen LogP contribution is 2.25. The zero-order valence-electron chi connectivity index (χ0n) is 16.3. The first kappa shape index (κ1) is 21.5. The van der Waals surface area contributed by atoms with Gasteiger partial charge in [0, 0.05) is 18.5 Å². The Hall–Kier alpha value is -2.84. The van der Waals surface area contributed by atoms with Gasteiger partial charge in [0.2, 0.25) is 11.8 Å². The van der Waals surface area contributed by atoms with E-state index in [0.29, 0.717) is 17.1 Å². The van der Waals surface area contributed by atoms with Gasteiger partial charge in [-0.15, -0.1) is 0 Å². The molecule has 2 aromatic carbocycles. The third kappa shape index (κ3) is 5.58. The van der Waals surface area contributed by atoms with Crippen LogP contribution in [0.1, 0.15) is 56.0 Å². The van der Waals surface area contributed by atoms with Crippen molar-refractivity contribution in [3.05, 3.63) is 70.2 Å². The summed E-state index contributed by atoms with van der Waals surface area (Å²) in [5.41, 5.74) is 2.37. The van der Waals surface area contributed by atoms with Crippen molar-refractivity contribution in [1.82, 2.24) is 10.2 Å². The molecule has 2 aromatic rings. The van der Waals surface area contributed by atoms with Gasteiger partial charge in [-0.2, -0.15) is 5.26 Å². The molecular formula is C22H24ClN3O2. The van der Waals surface area contributed by atoms with E-state index in [9.17, 15) is 9.59 Å². The Labute approximate surface area is 170 Å². The number of nitriles is 1. The Kier molecular flexibility index (Phi) is 7.60. The van der Waals surface area contributed by atoms with Crippen molar-refractivity contribution in [3.63, 3.8) is 0 Å². The van der Waals surface area contributed by atoms with Gasteiger partial charge >= 0.3 is 0 Å². The molecule has 0 aliphatic rings. The molecule has 2 atom stereocenters. The number of amides is 2. The maximum Gasteiger partial charge on any atom is 0.225 e. The van der Waals surface area contributed by atoms with Gasteiger partial charge in [0.25, 0.3) is 0 Å². The number of benzene rings is 2. The lowest BCUT2D eigenvalue weighted by atomic mass is 10.0. The standard InChI is InChI=1S/C22H24ClN3O2/c1-4-26(15(2)18-7-5-17(14-24)6-8-18)22(28)13-21(25-16(3)27)19-9-11-20(23)12-10-19/h5-12,15,21H,4,13H2,1-3H3,(H,25,27). The molecular weight excluding hydrogens is 374 g/mol. The molecule has 0 heterocycles. The van der Waals surface area contributed by atoms with Crippen molar-refractivity contribution in [2.75, 3.05) is 6.54 Å². The van der Waals surface area contributed by atoms with E-state index < -0.39 is 6.04 Å². The Morgan fingerprint density at radius 3 is 2.18 bits per heavy atom. The lowest BCUT2D eigenvalue weighted by Gasteiger charge is -2.30. The van der Waals surface area contributed by atoms with Crippen molar-refractivity contribution < 1.29 is 9.59 Å². The molecule has 0 fully saturated rings. The maximum absolute atomic E-state index is 13.0. The van der Waals surface area contributed by atoms with Crippen molar-refractivity contribution in [2.24, 2.45) is 0 Å². The molecule has 0 aliphatic heterocycles. The van der Waals surface area contributed by atoms with Gasteiger partial charge in [0.15, 0.2) is 0 Å². The highest BCUT2D eigenvalue weighted by atomic mass is 35.5. The van der Waals surface area contributed by atoms with Crippen molar-refractivity contribution in [3.8, 4) is 6.07 Å². The number of rotatable bonds is 7. The van der Waals surface area contributed by atoms with Crippen LogP contribution in [0.3, 0.4) is 0 Å². The third-order valence-electron chi connectivity index (χ3n) is 4.68. The van der Waals surface area contributed by atoms with Gasteiger partial charge < -0.3 is 10.2 Å². The second-order valence-electron chi connectivity index (χ2n) is 6.60. The average Bonchev–Trinajstić information content (AvgIpc) is 2.68. The van der Waals surface area contributed by atoms with E-state index in [-0.39, 0.29) is 24.3 Å². The zero-order chi connectivity index (χ0) is 20.7. The molecule has 2 rings (SSSR count). The summed E-state index contributed by atoms with van der Waals surface area (Å²) in [6.45, 7) is 5.85. The van der Waals surface area contributed by atoms with Crippen LogP contribution < -0.4 is 5.32 Å². The van der Waals surface area contributed by atoms with Gasteiger partial charge in [-0.1, -0.05) is 35.9 Å². The molecule has 6 heteroatoms. The molecule has 146 valence electrons. The highest BCUT2D eigenvalue weighted by Gasteiger charge is 2.24. The largest absolute Gasteiger partial charge is 0.349 e. The number of carbonyl (C=O) groups excluding carboxylic acids is 2. The fraction of sp³-hybridized carbons (Fsp3) is 0.318. The molecule has 0 saturated heterocycles. The topological polar surface area (TPSA) is 73.2 Å². The summed E-state index contributed by atoms with van der Waals surface area (Å²) >= 11 is 5.95. The number of nitrogens with zero attached hydrogens (tertiary/aromatic N) is 2. The summed E-state index contributed by atoms with van der Waals surface area (Å²) in [6, 6.07) is 15.9. The van der Waals surface area contributed by atoms with E-state index in [1.165, 1.54) is 6.92 Å². The molecule has 28 heavy (non-hydrogen) atoms. The van der Waals surface area contributed by atoms with Crippen LogP contribution in [0, 0.1) is 11.3 Å². The first-order chi connectivity index (χ1) is 13.3. The monoisotopic (exact) mass is 397 g/mol. The summed E-state index contributed by atoms with van der Waals surface area (Å²) in [7, 11) is 0. The molecule has 5 nitrogen and oxygen atoms in total. The van der Waals surface area contributed by atoms with Crippen LogP contribution in [0.2, 0.25) is 5.02 Å². The molecule has 0 radical (unpaired) electrons. The minimum atomic E-state index is -0.426. The summed E-state index contributed by atoms with van der Waals surface area (Å²) in [5.74, 6) is -0.260. The van der Waals surface area contributed by atoms with Gasteiger partial charge in [0.05, 0.1) is 30.1 Å². The third-order valence-corrected chi connectivity index (χ3v) is 4.93. The first-order valence-electron chi connectivity index (χ1n) is 9.17. The fourth-order valence-corrected chi connectivity index (χ4v) is 3.29. The first-order valence-corrected chi connectivity index (χ1v) is 9.55. The molecule has 0 spiro atoms. The Morgan fingerprint density at radius 2 is 1.68 bits per heavy atom. The van der Waals surface area contributed by atoms with Gasteiger partial charge in [-0.3, -0.25) is 9.59 Å². The number of hydrogen-bond donors (Lipinski definition) is 1. The number of carbonyl (C=O) groups is 2. The Balaban J connectivity index is 2.19. The molecule has 0 saturated carbocycles. The molecule has 2 unspecified atom stereocenters. The van der Waals surface area contributed by atoms with Crippen LogP contribution >= 0.6 is 11.6 Å².